The van der Waals surface area contributed by atoms with E-state index in [0.29, 0.717) is 6.10 Å². The van der Waals surface area contributed by atoms with Crippen molar-refractivity contribution in [1.29, 1.82) is 0 Å². The van der Waals surface area contributed by atoms with Crippen molar-refractivity contribution in [2.24, 2.45) is 17.6 Å². The topological polar surface area (TPSA) is 35.2 Å². The second-order valence-corrected chi connectivity index (χ2v) is 6.53. The fraction of sp³-hybridized carbons (Fsp3) is 0.667. The molecule has 2 nitrogen and oxygen atoms in total. The van der Waals surface area contributed by atoms with E-state index in [1.54, 1.807) is 0 Å². The molecule has 0 aromatic heterocycles. The van der Waals surface area contributed by atoms with Crippen LogP contribution in [0.3, 0.4) is 0 Å². The van der Waals surface area contributed by atoms with Crippen LogP contribution in [0.1, 0.15) is 52.0 Å². The SMILES string of the molecule is CCC(N)Cc1cccc(OC2CCC(C)C(C)C2)c1. The van der Waals surface area contributed by atoms with E-state index in [9.17, 15) is 0 Å². The van der Waals surface area contributed by atoms with Crippen LogP contribution in [0.2, 0.25) is 0 Å². The molecule has 1 fully saturated rings. The molecule has 0 radical (unpaired) electrons. The molecule has 1 saturated carbocycles. The summed E-state index contributed by atoms with van der Waals surface area (Å²) in [5.41, 5.74) is 7.32. The van der Waals surface area contributed by atoms with Gasteiger partial charge in [-0.25, -0.2) is 0 Å². The Balaban J connectivity index is 1.94. The van der Waals surface area contributed by atoms with E-state index in [0.717, 1.165) is 30.4 Å². The fourth-order valence-corrected chi connectivity index (χ4v) is 2.99. The molecule has 20 heavy (non-hydrogen) atoms. The molecule has 1 aliphatic carbocycles. The highest BCUT2D eigenvalue weighted by molar-refractivity contribution is 5.29. The Bertz CT molecular complexity index is 418. The van der Waals surface area contributed by atoms with Gasteiger partial charge in [-0.15, -0.1) is 0 Å². The van der Waals surface area contributed by atoms with Crippen molar-refractivity contribution < 1.29 is 4.74 Å². The minimum Gasteiger partial charge on any atom is -0.490 e. The van der Waals surface area contributed by atoms with Crippen LogP contribution in [0.25, 0.3) is 0 Å². The lowest BCUT2D eigenvalue weighted by Crippen LogP contribution is -2.28. The van der Waals surface area contributed by atoms with E-state index >= 15 is 0 Å². The summed E-state index contributed by atoms with van der Waals surface area (Å²) in [5.74, 6) is 2.62. The first-order valence-electron chi connectivity index (χ1n) is 8.09. The third-order valence-corrected chi connectivity index (χ3v) is 4.77. The molecule has 112 valence electrons. The Morgan fingerprint density at radius 3 is 2.75 bits per heavy atom. The lowest BCUT2D eigenvalue weighted by molar-refractivity contribution is 0.101. The summed E-state index contributed by atoms with van der Waals surface area (Å²) >= 11 is 0. The van der Waals surface area contributed by atoms with E-state index in [1.165, 1.54) is 24.8 Å². The average molecular weight is 275 g/mol. The van der Waals surface area contributed by atoms with E-state index < -0.39 is 0 Å². The summed E-state index contributed by atoms with van der Waals surface area (Å²) in [4.78, 5) is 0. The summed E-state index contributed by atoms with van der Waals surface area (Å²) in [6.45, 7) is 6.83. The number of rotatable bonds is 5. The largest absolute Gasteiger partial charge is 0.490 e. The summed E-state index contributed by atoms with van der Waals surface area (Å²) < 4.78 is 6.19. The van der Waals surface area contributed by atoms with Gasteiger partial charge in [-0.2, -0.15) is 0 Å². The van der Waals surface area contributed by atoms with Crippen molar-refractivity contribution >= 4 is 0 Å². The van der Waals surface area contributed by atoms with Gasteiger partial charge in [-0.3, -0.25) is 0 Å². The van der Waals surface area contributed by atoms with Gasteiger partial charge >= 0.3 is 0 Å². The number of hydrogen-bond acceptors (Lipinski definition) is 2. The molecule has 0 aliphatic heterocycles. The fourth-order valence-electron chi connectivity index (χ4n) is 2.99. The van der Waals surface area contributed by atoms with Crippen molar-refractivity contribution in [2.75, 3.05) is 0 Å². The van der Waals surface area contributed by atoms with Crippen LogP contribution < -0.4 is 10.5 Å². The van der Waals surface area contributed by atoms with Crippen LogP contribution in [-0.2, 0) is 6.42 Å². The molecule has 0 bridgehead atoms. The molecule has 1 aromatic rings. The molecule has 2 heteroatoms. The van der Waals surface area contributed by atoms with Crippen LogP contribution in [0.5, 0.6) is 5.75 Å². The van der Waals surface area contributed by atoms with Crippen LogP contribution in [0.15, 0.2) is 24.3 Å². The maximum atomic E-state index is 6.19. The predicted octanol–water partition coefficient (Wildman–Crippen LogP) is 4.17. The second-order valence-electron chi connectivity index (χ2n) is 6.53. The van der Waals surface area contributed by atoms with Gasteiger partial charge in [0.25, 0.3) is 0 Å². The van der Waals surface area contributed by atoms with Crippen molar-refractivity contribution in [3.63, 3.8) is 0 Å². The first-order valence-corrected chi connectivity index (χ1v) is 8.09. The Labute approximate surface area is 123 Å². The molecular weight excluding hydrogens is 246 g/mol. The zero-order valence-electron chi connectivity index (χ0n) is 13.1. The predicted molar refractivity (Wildman–Crippen MR) is 85.0 cm³/mol. The highest BCUT2D eigenvalue weighted by Gasteiger charge is 2.25. The number of hydrogen-bond donors (Lipinski definition) is 1. The third-order valence-electron chi connectivity index (χ3n) is 4.77. The molecular formula is C18H29NO. The molecule has 2 N–H and O–H groups in total. The van der Waals surface area contributed by atoms with Gasteiger partial charge in [0, 0.05) is 6.04 Å². The van der Waals surface area contributed by atoms with Gasteiger partial charge < -0.3 is 10.5 Å². The average Bonchev–Trinajstić information content (AvgIpc) is 2.43. The Morgan fingerprint density at radius 1 is 1.25 bits per heavy atom. The molecule has 1 aliphatic rings. The second kappa shape index (κ2) is 7.12. The summed E-state index contributed by atoms with van der Waals surface area (Å²) in [6, 6.07) is 8.72. The normalized spacial score (nSPS) is 28.1. The first-order chi connectivity index (χ1) is 9.58. The van der Waals surface area contributed by atoms with Crippen molar-refractivity contribution in [1.82, 2.24) is 0 Å². The van der Waals surface area contributed by atoms with Crippen LogP contribution in [-0.4, -0.2) is 12.1 Å². The highest BCUT2D eigenvalue weighted by Crippen LogP contribution is 2.32. The van der Waals surface area contributed by atoms with Gasteiger partial charge in [-0.05, 0) is 61.6 Å². The Hall–Kier alpha value is -1.02. The molecule has 0 amide bonds. The maximum Gasteiger partial charge on any atom is 0.119 e. The molecule has 2 rings (SSSR count). The number of nitrogens with two attached hydrogens (primary N) is 1. The first kappa shape index (κ1) is 15.4. The number of benzene rings is 1. The van der Waals surface area contributed by atoms with Crippen molar-refractivity contribution in [3.8, 4) is 5.75 Å². The van der Waals surface area contributed by atoms with Gasteiger partial charge in [0.05, 0.1) is 6.10 Å². The summed E-state index contributed by atoms with van der Waals surface area (Å²) in [7, 11) is 0. The summed E-state index contributed by atoms with van der Waals surface area (Å²) in [6.07, 6.45) is 5.99. The van der Waals surface area contributed by atoms with Gasteiger partial charge in [0.1, 0.15) is 5.75 Å². The summed E-state index contributed by atoms with van der Waals surface area (Å²) in [5, 5.41) is 0. The third kappa shape index (κ3) is 4.24. The minimum atomic E-state index is 0.251. The molecule has 0 spiro atoms. The lowest BCUT2D eigenvalue weighted by Gasteiger charge is -2.32. The Kier molecular flexibility index (Phi) is 5.47. The molecule has 4 unspecified atom stereocenters. The van der Waals surface area contributed by atoms with E-state index in [-0.39, 0.29) is 6.04 Å². The smallest absolute Gasteiger partial charge is 0.119 e. The minimum absolute atomic E-state index is 0.251. The molecule has 4 atom stereocenters. The zero-order valence-corrected chi connectivity index (χ0v) is 13.1. The highest BCUT2D eigenvalue weighted by atomic mass is 16.5. The zero-order chi connectivity index (χ0) is 14.5. The molecule has 0 saturated heterocycles. The van der Waals surface area contributed by atoms with Crippen LogP contribution >= 0.6 is 0 Å². The van der Waals surface area contributed by atoms with Crippen molar-refractivity contribution in [2.45, 2.75) is 65.0 Å². The van der Waals surface area contributed by atoms with Gasteiger partial charge in [-0.1, -0.05) is 32.9 Å². The lowest BCUT2D eigenvalue weighted by atomic mass is 9.80. The maximum absolute atomic E-state index is 6.19. The monoisotopic (exact) mass is 275 g/mol. The number of ether oxygens (including phenoxy) is 1. The molecule has 1 aromatic carbocycles. The quantitative estimate of drug-likeness (QED) is 0.875. The van der Waals surface area contributed by atoms with Gasteiger partial charge in [0.15, 0.2) is 0 Å². The van der Waals surface area contributed by atoms with E-state index in [2.05, 4.69) is 45.0 Å². The Morgan fingerprint density at radius 2 is 2.05 bits per heavy atom. The van der Waals surface area contributed by atoms with Crippen LogP contribution in [0.4, 0.5) is 0 Å². The van der Waals surface area contributed by atoms with Crippen LogP contribution in [0, 0.1) is 11.8 Å². The standard InChI is InChI=1S/C18H29NO/c1-4-16(19)11-15-6-5-7-17(12-15)20-18-9-8-13(2)14(3)10-18/h5-7,12-14,16,18H,4,8-11,19H2,1-3H3. The molecule has 0 heterocycles. The van der Waals surface area contributed by atoms with Crippen molar-refractivity contribution in [3.05, 3.63) is 29.8 Å². The van der Waals surface area contributed by atoms with Gasteiger partial charge in [0.2, 0.25) is 0 Å². The van der Waals surface area contributed by atoms with E-state index in [1.807, 2.05) is 0 Å². The van der Waals surface area contributed by atoms with E-state index in [4.69, 9.17) is 10.5 Å².